The van der Waals surface area contributed by atoms with Crippen LogP contribution in [0.1, 0.15) is 75.7 Å². The van der Waals surface area contributed by atoms with Gasteiger partial charge < -0.3 is 25.6 Å². The largest absolute Gasteiger partial charge is 0.444 e. The van der Waals surface area contributed by atoms with E-state index in [4.69, 9.17) is 4.74 Å². The molecule has 1 saturated carbocycles. The van der Waals surface area contributed by atoms with Crippen LogP contribution in [0.5, 0.6) is 0 Å². The Kier molecular flexibility index (Phi) is 9.67. The Morgan fingerprint density at radius 3 is 2.13 bits per heavy atom. The van der Waals surface area contributed by atoms with Crippen molar-refractivity contribution in [1.82, 2.24) is 20.9 Å². The molecule has 4 amide bonds. The van der Waals surface area contributed by atoms with Crippen LogP contribution in [-0.4, -0.2) is 71.3 Å². The second-order valence-corrected chi connectivity index (χ2v) is 13.9. The van der Waals surface area contributed by atoms with Gasteiger partial charge in [0.1, 0.15) is 17.7 Å². The average Bonchev–Trinajstić information content (AvgIpc) is 3.11. The standard InChI is InChI=1S/C29H48N4O6/c1-12-13-30-24(36)21(34)18(14-16(2)3)31-23(35)20-19-17(29(19,10)11)15-33(20)25(37)22(27(4,5)6)32-26(38)39-28(7,8)9/h12,16-20,22H,1,13-15H2,2-11H3,(H,30,36)(H,31,35)(H,32,38). The van der Waals surface area contributed by atoms with E-state index in [9.17, 15) is 24.0 Å². The minimum absolute atomic E-state index is 0.0289. The van der Waals surface area contributed by atoms with Gasteiger partial charge in [-0.2, -0.15) is 0 Å². The molecule has 10 nitrogen and oxygen atoms in total. The summed E-state index contributed by atoms with van der Waals surface area (Å²) in [5.41, 5.74) is -1.57. The Morgan fingerprint density at radius 2 is 1.64 bits per heavy atom. The smallest absolute Gasteiger partial charge is 0.408 e. The number of fused-ring (bicyclic) bond motifs is 1. The van der Waals surface area contributed by atoms with Crippen molar-refractivity contribution in [3.63, 3.8) is 0 Å². The molecule has 0 bridgehead atoms. The molecular formula is C29H48N4O6. The molecule has 2 aliphatic rings. The summed E-state index contributed by atoms with van der Waals surface area (Å²) in [5.74, 6) is -2.35. The van der Waals surface area contributed by atoms with Gasteiger partial charge in [-0.15, -0.1) is 6.58 Å². The van der Waals surface area contributed by atoms with Gasteiger partial charge in [-0.1, -0.05) is 54.5 Å². The van der Waals surface area contributed by atoms with E-state index in [0.29, 0.717) is 6.54 Å². The lowest BCUT2D eigenvalue weighted by atomic mass is 9.85. The number of Topliss-reactive ketones (excluding diaryl/α,β-unsaturated/α-hetero) is 1. The molecular weight excluding hydrogens is 500 g/mol. The van der Waals surface area contributed by atoms with Crippen molar-refractivity contribution in [3.05, 3.63) is 12.7 Å². The predicted octanol–water partition coefficient (Wildman–Crippen LogP) is 2.81. The first kappa shape index (κ1) is 32.3. The molecule has 0 spiro atoms. The Hall–Kier alpha value is -2.91. The first-order valence-electron chi connectivity index (χ1n) is 13.8. The number of hydrogen-bond acceptors (Lipinski definition) is 6. The number of nitrogens with one attached hydrogen (secondary N) is 3. The number of ketones is 1. The quantitative estimate of drug-likeness (QED) is 0.284. The van der Waals surface area contributed by atoms with Crippen LogP contribution < -0.4 is 16.0 Å². The van der Waals surface area contributed by atoms with Gasteiger partial charge >= 0.3 is 6.09 Å². The molecule has 5 unspecified atom stereocenters. The molecule has 2 rings (SSSR count). The summed E-state index contributed by atoms with van der Waals surface area (Å²) < 4.78 is 5.40. The maximum Gasteiger partial charge on any atom is 0.408 e. The predicted molar refractivity (Wildman–Crippen MR) is 148 cm³/mol. The van der Waals surface area contributed by atoms with E-state index in [2.05, 4.69) is 36.4 Å². The molecule has 0 aromatic rings. The Bertz CT molecular complexity index is 991. The van der Waals surface area contributed by atoms with Crippen molar-refractivity contribution < 1.29 is 28.7 Å². The Balaban J connectivity index is 2.33. The summed E-state index contributed by atoms with van der Waals surface area (Å²) >= 11 is 0. The first-order chi connectivity index (χ1) is 17.7. The zero-order chi connectivity index (χ0) is 30.1. The van der Waals surface area contributed by atoms with Gasteiger partial charge in [-0.05, 0) is 55.8 Å². The molecule has 10 heteroatoms. The van der Waals surface area contributed by atoms with Gasteiger partial charge in [-0.3, -0.25) is 19.2 Å². The number of amides is 4. The van der Waals surface area contributed by atoms with Gasteiger partial charge in [0.15, 0.2) is 0 Å². The summed E-state index contributed by atoms with van der Waals surface area (Å²) in [6.07, 6.45) is 1.03. The van der Waals surface area contributed by atoms with E-state index in [0.717, 1.165) is 0 Å². The highest BCUT2D eigenvalue weighted by Crippen LogP contribution is 2.65. The van der Waals surface area contributed by atoms with Crippen LogP contribution in [-0.2, 0) is 23.9 Å². The van der Waals surface area contributed by atoms with E-state index in [1.165, 1.54) is 11.0 Å². The van der Waals surface area contributed by atoms with Crippen LogP contribution in [0.3, 0.4) is 0 Å². The van der Waals surface area contributed by atoms with Crippen molar-refractivity contribution in [2.45, 2.75) is 99.4 Å². The van der Waals surface area contributed by atoms with Crippen LogP contribution in [0.25, 0.3) is 0 Å². The zero-order valence-corrected chi connectivity index (χ0v) is 25.3. The number of alkyl carbamates (subject to hydrolysis) is 1. The molecule has 0 aromatic heterocycles. The topological polar surface area (TPSA) is 134 Å². The molecule has 220 valence electrons. The molecule has 0 aromatic carbocycles. The van der Waals surface area contributed by atoms with Crippen LogP contribution in [0.4, 0.5) is 4.79 Å². The Labute approximate surface area is 233 Å². The maximum absolute atomic E-state index is 13.9. The van der Waals surface area contributed by atoms with Crippen molar-refractivity contribution in [2.75, 3.05) is 13.1 Å². The van der Waals surface area contributed by atoms with Gasteiger partial charge in [0.05, 0.1) is 6.04 Å². The van der Waals surface area contributed by atoms with E-state index in [-0.39, 0.29) is 42.0 Å². The third-order valence-corrected chi connectivity index (χ3v) is 7.51. The third kappa shape index (κ3) is 7.82. The number of ether oxygens (including phenoxy) is 1. The van der Waals surface area contributed by atoms with E-state index in [1.54, 1.807) is 20.8 Å². The molecule has 1 heterocycles. The SMILES string of the molecule is C=CCNC(=O)C(=O)C(CC(C)C)NC(=O)C1C2C(CN1C(=O)C(NC(=O)OC(C)(C)C)C(C)(C)C)C2(C)C. The van der Waals surface area contributed by atoms with Gasteiger partial charge in [-0.25, -0.2) is 4.79 Å². The highest BCUT2D eigenvalue weighted by atomic mass is 16.6. The number of rotatable bonds is 10. The number of piperidine rings is 1. The summed E-state index contributed by atoms with van der Waals surface area (Å²) in [5, 5.41) is 7.99. The van der Waals surface area contributed by atoms with Crippen molar-refractivity contribution in [1.29, 1.82) is 0 Å². The van der Waals surface area contributed by atoms with Crippen LogP contribution in [0.15, 0.2) is 12.7 Å². The average molecular weight is 549 g/mol. The van der Waals surface area contributed by atoms with Crippen LogP contribution >= 0.6 is 0 Å². The van der Waals surface area contributed by atoms with E-state index >= 15 is 0 Å². The van der Waals surface area contributed by atoms with Crippen LogP contribution in [0.2, 0.25) is 0 Å². The molecule has 1 aliphatic heterocycles. The number of carbonyl (C=O) groups is 5. The molecule has 2 fully saturated rings. The second kappa shape index (κ2) is 11.7. The molecule has 39 heavy (non-hydrogen) atoms. The lowest BCUT2D eigenvalue weighted by molar-refractivity contribution is -0.145. The molecule has 1 aliphatic carbocycles. The molecule has 3 N–H and O–H groups in total. The molecule has 5 atom stereocenters. The fourth-order valence-electron chi connectivity index (χ4n) is 5.42. The number of nitrogens with zero attached hydrogens (tertiary/aromatic N) is 1. The summed E-state index contributed by atoms with van der Waals surface area (Å²) in [4.78, 5) is 67.2. The van der Waals surface area contributed by atoms with Gasteiger partial charge in [0.2, 0.25) is 17.6 Å². The van der Waals surface area contributed by atoms with Crippen molar-refractivity contribution in [2.24, 2.45) is 28.6 Å². The number of carbonyl (C=O) groups excluding carboxylic acids is 5. The fourth-order valence-corrected chi connectivity index (χ4v) is 5.42. The number of hydrogen-bond donors (Lipinski definition) is 3. The fraction of sp³-hybridized carbons (Fsp3) is 0.759. The lowest BCUT2D eigenvalue weighted by Gasteiger charge is -2.38. The molecule has 1 saturated heterocycles. The molecule has 0 radical (unpaired) electrons. The van der Waals surface area contributed by atoms with Crippen LogP contribution in [0, 0.1) is 28.6 Å². The summed E-state index contributed by atoms with van der Waals surface area (Å²) in [6, 6.07) is -2.80. The zero-order valence-electron chi connectivity index (χ0n) is 25.3. The minimum Gasteiger partial charge on any atom is -0.444 e. The van der Waals surface area contributed by atoms with Crippen molar-refractivity contribution >= 4 is 29.6 Å². The first-order valence-corrected chi connectivity index (χ1v) is 13.8. The van der Waals surface area contributed by atoms with E-state index < -0.39 is 52.8 Å². The Morgan fingerprint density at radius 1 is 1.05 bits per heavy atom. The third-order valence-electron chi connectivity index (χ3n) is 7.51. The lowest BCUT2D eigenvalue weighted by Crippen LogP contribution is -2.61. The summed E-state index contributed by atoms with van der Waals surface area (Å²) in [6.45, 7) is 22.7. The second-order valence-electron chi connectivity index (χ2n) is 13.9. The van der Waals surface area contributed by atoms with Gasteiger partial charge in [0, 0.05) is 13.1 Å². The maximum atomic E-state index is 13.9. The van der Waals surface area contributed by atoms with Gasteiger partial charge in [0.25, 0.3) is 5.91 Å². The number of likely N-dealkylation sites (tertiary alicyclic amines) is 1. The summed E-state index contributed by atoms with van der Waals surface area (Å²) in [7, 11) is 0. The highest BCUT2D eigenvalue weighted by molar-refractivity contribution is 6.38. The van der Waals surface area contributed by atoms with Crippen molar-refractivity contribution in [3.8, 4) is 0 Å². The highest BCUT2D eigenvalue weighted by Gasteiger charge is 2.70. The van der Waals surface area contributed by atoms with E-state index in [1.807, 2.05) is 34.6 Å². The minimum atomic E-state index is -1.03. The monoisotopic (exact) mass is 548 g/mol. The normalized spacial score (nSPS) is 23.3.